The van der Waals surface area contributed by atoms with Crippen LogP contribution in [-0.2, 0) is 33.2 Å². The standard InChI is InChI=1S/C11H16N2O3.C9H12N2O3/c1-4-8(11(15)16-5-2)10(14)9-6-7-13(3)12-9;1-3-14-9(13)6-8(12)7-4-5-11(2)10-7/h6-8H,4-5H2,1-3H3;4-5H,3,6H2,1-2H3. The molecule has 30 heavy (non-hydrogen) atoms. The quantitative estimate of drug-likeness (QED) is 0.342. The minimum absolute atomic E-state index is 0.245. The SMILES string of the molecule is CCOC(=O)C(CC)C(=O)c1ccn(C)n1.CCOC(=O)CC(=O)c1ccn(C)n1. The van der Waals surface area contributed by atoms with Crippen LogP contribution in [0.4, 0.5) is 0 Å². The summed E-state index contributed by atoms with van der Waals surface area (Å²) in [6.45, 7) is 5.76. The van der Waals surface area contributed by atoms with E-state index in [2.05, 4.69) is 14.9 Å². The average molecular weight is 420 g/mol. The molecule has 0 aromatic carbocycles. The number of ketones is 2. The maximum Gasteiger partial charge on any atom is 0.316 e. The molecule has 2 aromatic rings. The number of Topliss-reactive ketones (excluding diaryl/α,β-unsaturated/α-hetero) is 2. The third-order valence-electron chi connectivity index (χ3n) is 3.87. The van der Waals surface area contributed by atoms with Crippen LogP contribution in [0, 0.1) is 5.92 Å². The largest absolute Gasteiger partial charge is 0.466 e. The lowest BCUT2D eigenvalue weighted by molar-refractivity contribution is -0.146. The van der Waals surface area contributed by atoms with Crippen molar-refractivity contribution in [1.82, 2.24) is 19.6 Å². The van der Waals surface area contributed by atoms with Gasteiger partial charge in [-0.1, -0.05) is 6.92 Å². The van der Waals surface area contributed by atoms with Gasteiger partial charge in [0.25, 0.3) is 0 Å². The fraction of sp³-hybridized carbons (Fsp3) is 0.500. The molecule has 10 heteroatoms. The molecule has 164 valence electrons. The Kier molecular flexibility index (Phi) is 10.1. The number of nitrogens with zero attached hydrogens (tertiary/aromatic N) is 4. The molecule has 0 aliphatic carbocycles. The summed E-state index contributed by atoms with van der Waals surface area (Å²) in [7, 11) is 3.43. The molecule has 0 amide bonds. The maximum atomic E-state index is 11.9. The van der Waals surface area contributed by atoms with Gasteiger partial charge < -0.3 is 9.47 Å². The van der Waals surface area contributed by atoms with Crippen LogP contribution >= 0.6 is 0 Å². The van der Waals surface area contributed by atoms with E-state index in [4.69, 9.17) is 4.74 Å². The second kappa shape index (κ2) is 12.3. The fourth-order valence-corrected chi connectivity index (χ4v) is 2.42. The van der Waals surface area contributed by atoms with Crippen molar-refractivity contribution in [1.29, 1.82) is 0 Å². The Morgan fingerprint density at radius 3 is 1.87 bits per heavy atom. The first-order chi connectivity index (χ1) is 14.2. The van der Waals surface area contributed by atoms with Crippen molar-refractivity contribution in [2.45, 2.75) is 33.6 Å². The normalized spacial score (nSPS) is 11.1. The summed E-state index contributed by atoms with van der Waals surface area (Å²) in [6.07, 6.45) is 3.50. The van der Waals surface area contributed by atoms with E-state index in [1.807, 2.05) is 0 Å². The highest BCUT2D eigenvalue weighted by Gasteiger charge is 2.28. The molecule has 1 atom stereocenters. The topological polar surface area (TPSA) is 122 Å². The van der Waals surface area contributed by atoms with Gasteiger partial charge in [0, 0.05) is 26.5 Å². The molecule has 0 fully saturated rings. The predicted molar refractivity (Wildman–Crippen MR) is 107 cm³/mol. The smallest absolute Gasteiger partial charge is 0.316 e. The molecule has 0 radical (unpaired) electrons. The molecule has 2 rings (SSSR count). The molecule has 1 unspecified atom stereocenters. The second-order valence-electron chi connectivity index (χ2n) is 6.23. The lowest BCUT2D eigenvalue weighted by atomic mass is 9.99. The molecule has 10 nitrogen and oxygen atoms in total. The van der Waals surface area contributed by atoms with E-state index in [9.17, 15) is 19.2 Å². The van der Waals surface area contributed by atoms with Crippen LogP contribution in [0.2, 0.25) is 0 Å². The van der Waals surface area contributed by atoms with Gasteiger partial charge in [-0.15, -0.1) is 0 Å². The number of carbonyl (C=O) groups is 4. The van der Waals surface area contributed by atoms with E-state index < -0.39 is 17.9 Å². The average Bonchev–Trinajstić information content (AvgIpc) is 3.31. The highest BCUT2D eigenvalue weighted by atomic mass is 16.5. The summed E-state index contributed by atoms with van der Waals surface area (Å²) in [4.78, 5) is 45.8. The van der Waals surface area contributed by atoms with Gasteiger partial charge in [0.2, 0.25) is 0 Å². The molecular weight excluding hydrogens is 392 g/mol. The number of carbonyl (C=O) groups excluding carboxylic acids is 4. The Labute approximate surface area is 175 Å². The molecule has 2 aromatic heterocycles. The zero-order valence-electron chi connectivity index (χ0n) is 18.0. The Balaban J connectivity index is 0.000000303. The number of rotatable bonds is 9. The van der Waals surface area contributed by atoms with Crippen LogP contribution in [0.1, 0.15) is 54.6 Å². The maximum absolute atomic E-state index is 11.9. The van der Waals surface area contributed by atoms with Crippen molar-refractivity contribution < 1.29 is 28.7 Å². The Morgan fingerprint density at radius 1 is 0.900 bits per heavy atom. The highest BCUT2D eigenvalue weighted by Crippen LogP contribution is 2.12. The number of aromatic nitrogens is 4. The Hall–Kier alpha value is -3.30. The molecule has 2 heterocycles. The lowest BCUT2D eigenvalue weighted by Gasteiger charge is -2.10. The third kappa shape index (κ3) is 7.61. The first-order valence-corrected chi connectivity index (χ1v) is 9.62. The number of esters is 2. The first-order valence-electron chi connectivity index (χ1n) is 9.62. The van der Waals surface area contributed by atoms with Gasteiger partial charge >= 0.3 is 11.9 Å². The fourth-order valence-electron chi connectivity index (χ4n) is 2.42. The van der Waals surface area contributed by atoms with Gasteiger partial charge in [-0.25, -0.2) is 0 Å². The van der Waals surface area contributed by atoms with E-state index >= 15 is 0 Å². The molecule has 0 saturated carbocycles. The summed E-state index contributed by atoms with van der Waals surface area (Å²) in [5.41, 5.74) is 0.600. The highest BCUT2D eigenvalue weighted by molar-refractivity contribution is 6.07. The van der Waals surface area contributed by atoms with Crippen molar-refractivity contribution in [3.05, 3.63) is 35.9 Å². The third-order valence-corrected chi connectivity index (χ3v) is 3.87. The predicted octanol–water partition coefficient (Wildman–Crippen LogP) is 1.75. The van der Waals surface area contributed by atoms with Crippen molar-refractivity contribution >= 4 is 23.5 Å². The van der Waals surface area contributed by atoms with Gasteiger partial charge in [-0.05, 0) is 32.4 Å². The molecule has 0 aliphatic rings. The zero-order chi connectivity index (χ0) is 22.7. The molecule has 0 bridgehead atoms. The van der Waals surface area contributed by atoms with Crippen LogP contribution in [0.5, 0.6) is 0 Å². The van der Waals surface area contributed by atoms with Crippen LogP contribution < -0.4 is 0 Å². The monoisotopic (exact) mass is 420 g/mol. The summed E-state index contributed by atoms with van der Waals surface area (Å²) in [6, 6.07) is 3.17. The van der Waals surface area contributed by atoms with Gasteiger partial charge in [0.15, 0.2) is 11.6 Å². The number of hydrogen-bond donors (Lipinski definition) is 0. The minimum atomic E-state index is -0.741. The van der Waals surface area contributed by atoms with Crippen molar-refractivity contribution in [2.24, 2.45) is 20.0 Å². The summed E-state index contributed by atoms with van der Waals surface area (Å²) >= 11 is 0. The van der Waals surface area contributed by atoms with E-state index in [1.165, 1.54) is 9.36 Å². The number of ether oxygens (including phenoxy) is 2. The Bertz CT molecular complexity index is 870. The van der Waals surface area contributed by atoms with E-state index in [1.54, 1.807) is 59.4 Å². The summed E-state index contributed by atoms with van der Waals surface area (Å²) < 4.78 is 12.5. The van der Waals surface area contributed by atoms with E-state index in [-0.39, 0.29) is 31.2 Å². The van der Waals surface area contributed by atoms with E-state index in [0.29, 0.717) is 17.8 Å². The second-order valence-corrected chi connectivity index (χ2v) is 6.23. The van der Waals surface area contributed by atoms with Gasteiger partial charge in [-0.3, -0.25) is 28.5 Å². The number of hydrogen-bond acceptors (Lipinski definition) is 8. The van der Waals surface area contributed by atoms with Gasteiger partial charge in [0.1, 0.15) is 23.7 Å². The molecule has 0 N–H and O–H groups in total. The molecular formula is C20H28N4O6. The first kappa shape index (κ1) is 24.7. The minimum Gasteiger partial charge on any atom is -0.466 e. The summed E-state index contributed by atoms with van der Waals surface area (Å²) in [5.74, 6) is -2.32. The van der Waals surface area contributed by atoms with Crippen LogP contribution in [0.3, 0.4) is 0 Å². The van der Waals surface area contributed by atoms with Gasteiger partial charge in [-0.2, -0.15) is 10.2 Å². The van der Waals surface area contributed by atoms with Crippen LogP contribution in [0.25, 0.3) is 0 Å². The van der Waals surface area contributed by atoms with Crippen molar-refractivity contribution in [3.8, 4) is 0 Å². The summed E-state index contributed by atoms with van der Waals surface area (Å²) in [5, 5.41) is 7.86. The molecule has 0 saturated heterocycles. The van der Waals surface area contributed by atoms with E-state index in [0.717, 1.165) is 0 Å². The van der Waals surface area contributed by atoms with Crippen molar-refractivity contribution in [2.75, 3.05) is 13.2 Å². The molecule has 0 spiro atoms. The van der Waals surface area contributed by atoms with Crippen LogP contribution in [0.15, 0.2) is 24.5 Å². The van der Waals surface area contributed by atoms with Crippen molar-refractivity contribution in [3.63, 3.8) is 0 Å². The molecule has 0 aliphatic heterocycles. The van der Waals surface area contributed by atoms with Gasteiger partial charge in [0.05, 0.1) is 13.2 Å². The Morgan fingerprint density at radius 2 is 1.43 bits per heavy atom. The lowest BCUT2D eigenvalue weighted by Crippen LogP contribution is -2.26. The zero-order valence-corrected chi connectivity index (χ0v) is 18.0. The number of aryl methyl sites for hydroxylation is 2. The van der Waals surface area contributed by atoms with Crippen LogP contribution in [-0.4, -0.2) is 56.3 Å².